The molecule has 8 aromatic carbocycles. The summed E-state index contributed by atoms with van der Waals surface area (Å²) in [5.41, 5.74) is 12.2. The Balaban J connectivity index is 1.06. The van der Waals surface area contributed by atoms with E-state index in [1.54, 1.807) is 0 Å². The SMILES string of the molecule is c1ccc(-c2c3ccccc3cc3c2oc2ccc(-c4ccc(-c5ccc(N(c6ccccc6)c6ccccc6)cc5)cc4)cc23)cc1. The third-order valence-corrected chi connectivity index (χ3v) is 9.25. The summed E-state index contributed by atoms with van der Waals surface area (Å²) in [7, 11) is 0. The number of anilines is 3. The van der Waals surface area contributed by atoms with Crippen molar-refractivity contribution >= 4 is 49.8 Å². The fourth-order valence-corrected chi connectivity index (χ4v) is 6.90. The largest absolute Gasteiger partial charge is 0.455 e. The van der Waals surface area contributed by atoms with E-state index in [4.69, 9.17) is 4.42 Å². The molecule has 0 aliphatic heterocycles. The molecule has 0 aliphatic rings. The molecule has 0 N–H and O–H groups in total. The van der Waals surface area contributed by atoms with Gasteiger partial charge in [-0.3, -0.25) is 0 Å². The summed E-state index contributed by atoms with van der Waals surface area (Å²) >= 11 is 0. The zero-order valence-corrected chi connectivity index (χ0v) is 26.3. The highest BCUT2D eigenvalue weighted by Gasteiger charge is 2.17. The maximum atomic E-state index is 6.59. The van der Waals surface area contributed by atoms with E-state index in [1.165, 1.54) is 33.0 Å². The second-order valence-electron chi connectivity index (χ2n) is 12.2. The Kier molecular flexibility index (Phi) is 6.84. The zero-order valence-electron chi connectivity index (χ0n) is 26.3. The molecule has 0 saturated heterocycles. The van der Waals surface area contributed by atoms with Gasteiger partial charge in [0, 0.05) is 33.4 Å². The lowest BCUT2D eigenvalue weighted by Gasteiger charge is -2.25. The average Bonchev–Trinajstić information content (AvgIpc) is 3.53. The second-order valence-corrected chi connectivity index (χ2v) is 12.2. The lowest BCUT2D eigenvalue weighted by atomic mass is 9.94. The van der Waals surface area contributed by atoms with Crippen molar-refractivity contribution in [3.63, 3.8) is 0 Å². The van der Waals surface area contributed by atoms with Crippen LogP contribution in [0.2, 0.25) is 0 Å². The molecule has 0 bridgehead atoms. The number of benzene rings is 8. The van der Waals surface area contributed by atoms with Crippen molar-refractivity contribution in [2.24, 2.45) is 0 Å². The highest BCUT2D eigenvalue weighted by molar-refractivity contribution is 6.18. The van der Waals surface area contributed by atoms with Gasteiger partial charge in [-0.15, -0.1) is 0 Å². The van der Waals surface area contributed by atoms with Crippen LogP contribution in [0.25, 0.3) is 66.1 Å². The predicted octanol–water partition coefficient (Wildman–Crippen LogP) is 13.2. The molecule has 0 fully saturated rings. The van der Waals surface area contributed by atoms with Crippen molar-refractivity contribution in [3.8, 4) is 33.4 Å². The first-order chi connectivity index (χ1) is 23.8. The van der Waals surface area contributed by atoms with Crippen molar-refractivity contribution in [3.05, 3.63) is 188 Å². The third kappa shape index (κ3) is 4.92. The number of para-hydroxylation sites is 2. The Hall–Kier alpha value is -6.38. The Labute approximate surface area is 279 Å². The quantitative estimate of drug-likeness (QED) is 0.185. The topological polar surface area (TPSA) is 16.4 Å². The number of hydrogen-bond acceptors (Lipinski definition) is 2. The van der Waals surface area contributed by atoms with E-state index in [2.05, 4.69) is 193 Å². The molecule has 226 valence electrons. The van der Waals surface area contributed by atoms with Crippen LogP contribution in [-0.4, -0.2) is 0 Å². The van der Waals surface area contributed by atoms with Crippen molar-refractivity contribution in [1.82, 2.24) is 0 Å². The minimum absolute atomic E-state index is 0.901. The summed E-state index contributed by atoms with van der Waals surface area (Å²) < 4.78 is 6.59. The maximum Gasteiger partial charge on any atom is 0.143 e. The molecule has 0 radical (unpaired) electrons. The summed E-state index contributed by atoms with van der Waals surface area (Å²) in [6.45, 7) is 0. The highest BCUT2D eigenvalue weighted by Crippen LogP contribution is 2.42. The molecule has 0 saturated carbocycles. The van der Waals surface area contributed by atoms with E-state index >= 15 is 0 Å². The van der Waals surface area contributed by atoms with Gasteiger partial charge < -0.3 is 9.32 Å². The molecule has 0 unspecified atom stereocenters. The first-order valence-corrected chi connectivity index (χ1v) is 16.3. The van der Waals surface area contributed by atoms with Crippen molar-refractivity contribution < 1.29 is 4.42 Å². The fraction of sp³-hybridized carbons (Fsp3) is 0. The molecule has 2 nitrogen and oxygen atoms in total. The number of fused-ring (bicyclic) bond motifs is 4. The summed E-state index contributed by atoms with van der Waals surface area (Å²) in [6, 6.07) is 66.7. The van der Waals surface area contributed by atoms with Gasteiger partial charge in [0.2, 0.25) is 0 Å². The maximum absolute atomic E-state index is 6.59. The van der Waals surface area contributed by atoms with Crippen LogP contribution in [0.15, 0.2) is 192 Å². The first kappa shape index (κ1) is 27.9. The molecule has 9 aromatic rings. The summed E-state index contributed by atoms with van der Waals surface area (Å²) in [4.78, 5) is 2.29. The van der Waals surface area contributed by atoms with Gasteiger partial charge in [0.15, 0.2) is 0 Å². The molecule has 0 amide bonds. The Morgan fingerprint density at radius 1 is 0.333 bits per heavy atom. The molecule has 2 heteroatoms. The van der Waals surface area contributed by atoms with Crippen molar-refractivity contribution in [2.75, 3.05) is 4.90 Å². The van der Waals surface area contributed by atoms with Crippen molar-refractivity contribution in [2.45, 2.75) is 0 Å². The molecule has 1 aromatic heterocycles. The molecular weight excluding hydrogens is 583 g/mol. The van der Waals surface area contributed by atoms with Gasteiger partial charge in [0.1, 0.15) is 11.2 Å². The van der Waals surface area contributed by atoms with Crippen LogP contribution in [0, 0.1) is 0 Å². The Morgan fingerprint density at radius 3 is 1.48 bits per heavy atom. The van der Waals surface area contributed by atoms with E-state index in [9.17, 15) is 0 Å². The van der Waals surface area contributed by atoms with E-state index in [0.717, 1.165) is 50.1 Å². The number of furan rings is 1. The highest BCUT2D eigenvalue weighted by atomic mass is 16.3. The number of nitrogens with zero attached hydrogens (tertiary/aromatic N) is 1. The van der Waals surface area contributed by atoms with Crippen LogP contribution in [0.1, 0.15) is 0 Å². The van der Waals surface area contributed by atoms with E-state index < -0.39 is 0 Å². The van der Waals surface area contributed by atoms with Crippen molar-refractivity contribution in [1.29, 1.82) is 0 Å². The molecule has 9 rings (SSSR count). The molecular formula is C46H31NO. The van der Waals surface area contributed by atoms with Gasteiger partial charge in [-0.1, -0.05) is 133 Å². The van der Waals surface area contributed by atoms with Crippen LogP contribution in [0.5, 0.6) is 0 Å². The lowest BCUT2D eigenvalue weighted by Crippen LogP contribution is -2.09. The summed E-state index contributed by atoms with van der Waals surface area (Å²) in [6.07, 6.45) is 0. The zero-order chi connectivity index (χ0) is 31.9. The van der Waals surface area contributed by atoms with Gasteiger partial charge in [-0.05, 0) is 93.2 Å². The number of hydrogen-bond donors (Lipinski definition) is 0. The van der Waals surface area contributed by atoms with Gasteiger partial charge >= 0.3 is 0 Å². The number of rotatable bonds is 6. The van der Waals surface area contributed by atoms with E-state index in [-0.39, 0.29) is 0 Å². The van der Waals surface area contributed by atoms with Crippen LogP contribution < -0.4 is 4.90 Å². The van der Waals surface area contributed by atoms with Crippen LogP contribution in [0.4, 0.5) is 17.1 Å². The standard InChI is InChI=1S/C46H31NO/c1-4-12-35(13-5-1)45-41-19-11-10-14-37(41)31-43-42-30-36(26-29-44(42)48-46(43)45)34-22-20-32(21-23-34)33-24-27-40(28-25-33)47(38-15-6-2-7-16-38)39-17-8-3-9-18-39/h1-31H. The summed E-state index contributed by atoms with van der Waals surface area (Å²) in [5, 5.41) is 4.68. The van der Waals surface area contributed by atoms with Gasteiger partial charge in [-0.2, -0.15) is 0 Å². The van der Waals surface area contributed by atoms with E-state index in [0.29, 0.717) is 0 Å². The minimum Gasteiger partial charge on any atom is -0.455 e. The molecule has 48 heavy (non-hydrogen) atoms. The lowest BCUT2D eigenvalue weighted by molar-refractivity contribution is 0.670. The van der Waals surface area contributed by atoms with Crippen LogP contribution in [-0.2, 0) is 0 Å². The van der Waals surface area contributed by atoms with Crippen LogP contribution in [0.3, 0.4) is 0 Å². The third-order valence-electron chi connectivity index (χ3n) is 9.25. The summed E-state index contributed by atoms with van der Waals surface area (Å²) in [5.74, 6) is 0. The first-order valence-electron chi connectivity index (χ1n) is 16.3. The van der Waals surface area contributed by atoms with Crippen LogP contribution >= 0.6 is 0 Å². The van der Waals surface area contributed by atoms with E-state index in [1.807, 2.05) is 0 Å². The second kappa shape index (κ2) is 11.8. The predicted molar refractivity (Wildman–Crippen MR) is 202 cm³/mol. The molecule has 0 spiro atoms. The normalized spacial score (nSPS) is 11.3. The average molecular weight is 614 g/mol. The Morgan fingerprint density at radius 2 is 0.833 bits per heavy atom. The molecule has 0 atom stereocenters. The molecule has 1 heterocycles. The molecule has 0 aliphatic carbocycles. The van der Waals surface area contributed by atoms with Gasteiger partial charge in [-0.25, -0.2) is 0 Å². The monoisotopic (exact) mass is 613 g/mol. The Bertz CT molecular complexity index is 2480. The smallest absolute Gasteiger partial charge is 0.143 e. The van der Waals surface area contributed by atoms with Gasteiger partial charge in [0.05, 0.1) is 0 Å². The minimum atomic E-state index is 0.901. The van der Waals surface area contributed by atoms with Gasteiger partial charge in [0.25, 0.3) is 0 Å². The fourth-order valence-electron chi connectivity index (χ4n) is 6.90.